The van der Waals surface area contributed by atoms with Crippen LogP contribution in [0.15, 0.2) is 5.16 Å². The minimum absolute atomic E-state index is 0.0361. The lowest BCUT2D eigenvalue weighted by Gasteiger charge is -2.36. The second-order valence-corrected chi connectivity index (χ2v) is 6.11. The fourth-order valence-electron chi connectivity index (χ4n) is 3.68. The molecule has 21 heavy (non-hydrogen) atoms. The third-order valence-corrected chi connectivity index (χ3v) is 4.82. The lowest BCUT2D eigenvalue weighted by atomic mass is 9.82. The van der Waals surface area contributed by atoms with E-state index >= 15 is 0 Å². The number of hydrogen-bond donors (Lipinski definition) is 3. The Morgan fingerprint density at radius 3 is 2.19 bits per heavy atom. The van der Waals surface area contributed by atoms with Crippen molar-refractivity contribution < 1.29 is 14.8 Å². The number of oxime groups is 1. The molecule has 0 spiro atoms. The van der Waals surface area contributed by atoms with Gasteiger partial charge in [0.15, 0.2) is 5.84 Å². The summed E-state index contributed by atoms with van der Waals surface area (Å²) in [6.07, 6.45) is 6.69. The quantitative estimate of drug-likeness (QED) is 0.297. The second-order valence-electron chi connectivity index (χ2n) is 6.11. The first kappa shape index (κ1) is 15.6. The van der Waals surface area contributed by atoms with Crippen molar-refractivity contribution in [2.45, 2.75) is 57.4 Å². The number of hydrogen-bond acceptors (Lipinski definition) is 4. The van der Waals surface area contributed by atoms with E-state index in [1.165, 1.54) is 0 Å². The molecule has 2 aliphatic carbocycles. The van der Waals surface area contributed by atoms with Crippen LogP contribution in [0.3, 0.4) is 0 Å². The zero-order valence-electron chi connectivity index (χ0n) is 12.3. The highest BCUT2D eigenvalue weighted by Gasteiger charge is 2.49. The van der Waals surface area contributed by atoms with Gasteiger partial charge in [-0.2, -0.15) is 0 Å². The topological polar surface area (TPSA) is 122 Å². The summed E-state index contributed by atoms with van der Waals surface area (Å²) in [4.78, 5) is 26.0. The molecule has 118 valence electrons. The van der Waals surface area contributed by atoms with Crippen LogP contribution in [-0.4, -0.2) is 40.3 Å². The maximum absolute atomic E-state index is 13.0. The van der Waals surface area contributed by atoms with E-state index in [0.29, 0.717) is 12.8 Å². The molecule has 0 aliphatic heterocycles. The van der Waals surface area contributed by atoms with Gasteiger partial charge in [-0.3, -0.25) is 9.59 Å². The molecular weight excluding hydrogens is 272 g/mol. The van der Waals surface area contributed by atoms with Crippen molar-refractivity contribution in [1.82, 2.24) is 4.90 Å². The van der Waals surface area contributed by atoms with Crippen LogP contribution in [0.25, 0.3) is 0 Å². The standard InChI is InChI=1S/C14H24N4O3/c15-11(19)9-18(10-5-1-2-6-10)13(20)14(12(16)17-21)7-3-4-8-14/h10,21H,1-9H2,(H2,15,19)(H2,16,17). The van der Waals surface area contributed by atoms with Gasteiger partial charge < -0.3 is 21.6 Å². The molecule has 2 aliphatic rings. The summed E-state index contributed by atoms with van der Waals surface area (Å²) in [7, 11) is 0. The molecule has 0 radical (unpaired) electrons. The van der Waals surface area contributed by atoms with Gasteiger partial charge in [-0.05, 0) is 25.7 Å². The van der Waals surface area contributed by atoms with E-state index in [0.717, 1.165) is 38.5 Å². The number of amidine groups is 1. The monoisotopic (exact) mass is 296 g/mol. The van der Waals surface area contributed by atoms with E-state index in [1.807, 2.05) is 0 Å². The molecule has 7 heteroatoms. The predicted molar refractivity (Wildman–Crippen MR) is 77.5 cm³/mol. The van der Waals surface area contributed by atoms with Crippen LogP contribution in [0.4, 0.5) is 0 Å². The van der Waals surface area contributed by atoms with E-state index in [1.54, 1.807) is 4.90 Å². The van der Waals surface area contributed by atoms with Crippen molar-refractivity contribution >= 4 is 17.6 Å². The average molecular weight is 296 g/mol. The first-order valence-electron chi connectivity index (χ1n) is 7.58. The molecule has 0 aromatic rings. The Hall–Kier alpha value is -1.79. The molecule has 0 saturated heterocycles. The molecule has 0 heterocycles. The Kier molecular flexibility index (Phi) is 4.69. The lowest BCUT2D eigenvalue weighted by molar-refractivity contribution is -0.143. The molecule has 0 bridgehead atoms. The Balaban J connectivity index is 2.28. The Morgan fingerprint density at radius 1 is 1.14 bits per heavy atom. The molecule has 2 amide bonds. The summed E-state index contributed by atoms with van der Waals surface area (Å²) in [5.41, 5.74) is 10.2. The average Bonchev–Trinajstić information content (AvgIpc) is 3.14. The first-order valence-corrected chi connectivity index (χ1v) is 7.58. The van der Waals surface area contributed by atoms with Gasteiger partial charge >= 0.3 is 0 Å². The summed E-state index contributed by atoms with van der Waals surface area (Å²) < 4.78 is 0. The zero-order chi connectivity index (χ0) is 15.5. The summed E-state index contributed by atoms with van der Waals surface area (Å²) in [5, 5.41) is 12.1. The smallest absolute Gasteiger partial charge is 0.237 e. The molecule has 7 nitrogen and oxygen atoms in total. The van der Waals surface area contributed by atoms with Crippen LogP contribution in [0, 0.1) is 5.41 Å². The minimum Gasteiger partial charge on any atom is -0.409 e. The predicted octanol–water partition coefficient (Wildman–Crippen LogP) is 0.550. The van der Waals surface area contributed by atoms with Crippen LogP contribution in [0.5, 0.6) is 0 Å². The van der Waals surface area contributed by atoms with Crippen LogP contribution in [0.1, 0.15) is 51.4 Å². The largest absolute Gasteiger partial charge is 0.409 e. The third kappa shape index (κ3) is 2.96. The molecule has 2 fully saturated rings. The zero-order valence-corrected chi connectivity index (χ0v) is 12.3. The van der Waals surface area contributed by atoms with Crippen molar-refractivity contribution in [3.63, 3.8) is 0 Å². The van der Waals surface area contributed by atoms with Gasteiger partial charge in [0.05, 0.1) is 6.54 Å². The second kappa shape index (κ2) is 6.32. The fraction of sp³-hybridized carbons (Fsp3) is 0.786. The Morgan fingerprint density at radius 2 is 1.71 bits per heavy atom. The van der Waals surface area contributed by atoms with Crippen LogP contribution in [0.2, 0.25) is 0 Å². The molecule has 0 aromatic carbocycles. The minimum atomic E-state index is -0.965. The first-order chi connectivity index (χ1) is 10.0. The molecule has 2 saturated carbocycles. The van der Waals surface area contributed by atoms with Crippen molar-refractivity contribution in [3.05, 3.63) is 0 Å². The fourth-order valence-corrected chi connectivity index (χ4v) is 3.68. The van der Waals surface area contributed by atoms with E-state index in [4.69, 9.17) is 16.7 Å². The third-order valence-electron chi connectivity index (χ3n) is 4.82. The molecular formula is C14H24N4O3. The van der Waals surface area contributed by atoms with Crippen LogP contribution >= 0.6 is 0 Å². The molecule has 5 N–H and O–H groups in total. The molecule has 0 unspecified atom stereocenters. The van der Waals surface area contributed by atoms with E-state index in [9.17, 15) is 9.59 Å². The van der Waals surface area contributed by atoms with Gasteiger partial charge in [0.25, 0.3) is 0 Å². The van der Waals surface area contributed by atoms with Crippen molar-refractivity contribution in [1.29, 1.82) is 0 Å². The maximum atomic E-state index is 13.0. The molecule has 0 aromatic heterocycles. The summed E-state index contributed by atoms with van der Waals surface area (Å²) in [5.74, 6) is -0.777. The van der Waals surface area contributed by atoms with Crippen molar-refractivity contribution in [2.75, 3.05) is 6.54 Å². The summed E-state index contributed by atoms with van der Waals surface area (Å²) in [6, 6.07) is 0.0361. The number of primary amides is 1. The van der Waals surface area contributed by atoms with Crippen LogP contribution in [-0.2, 0) is 9.59 Å². The Labute approximate surface area is 124 Å². The lowest BCUT2D eigenvalue weighted by Crippen LogP contribution is -2.54. The van der Waals surface area contributed by atoms with E-state index in [2.05, 4.69) is 5.16 Å². The van der Waals surface area contributed by atoms with E-state index < -0.39 is 11.3 Å². The SMILES string of the molecule is NC(=O)CN(C(=O)C1(C(N)=NO)CCCC1)C1CCCC1. The summed E-state index contributed by atoms with van der Waals surface area (Å²) in [6.45, 7) is -0.0933. The van der Waals surface area contributed by atoms with Gasteiger partial charge in [-0.15, -0.1) is 0 Å². The van der Waals surface area contributed by atoms with Gasteiger partial charge in [0, 0.05) is 6.04 Å². The molecule has 2 rings (SSSR count). The molecule has 0 atom stereocenters. The van der Waals surface area contributed by atoms with Gasteiger partial charge in [-0.25, -0.2) is 0 Å². The van der Waals surface area contributed by atoms with Gasteiger partial charge in [0.1, 0.15) is 5.41 Å². The highest BCUT2D eigenvalue weighted by molar-refractivity contribution is 6.07. The highest BCUT2D eigenvalue weighted by atomic mass is 16.4. The Bertz CT molecular complexity index is 438. The number of amides is 2. The van der Waals surface area contributed by atoms with E-state index in [-0.39, 0.29) is 24.3 Å². The van der Waals surface area contributed by atoms with Crippen LogP contribution < -0.4 is 11.5 Å². The highest BCUT2D eigenvalue weighted by Crippen LogP contribution is 2.41. The summed E-state index contributed by atoms with van der Waals surface area (Å²) >= 11 is 0. The number of carbonyl (C=O) groups excluding carboxylic acids is 2. The van der Waals surface area contributed by atoms with Gasteiger partial charge in [-0.1, -0.05) is 30.8 Å². The number of rotatable bonds is 5. The van der Waals surface area contributed by atoms with Gasteiger partial charge in [0.2, 0.25) is 11.8 Å². The normalized spacial score (nSPS) is 22.4. The number of nitrogens with zero attached hydrogens (tertiary/aromatic N) is 2. The maximum Gasteiger partial charge on any atom is 0.237 e. The number of nitrogens with two attached hydrogens (primary N) is 2. The number of carbonyl (C=O) groups is 2. The van der Waals surface area contributed by atoms with Crippen molar-refractivity contribution in [3.8, 4) is 0 Å². The van der Waals surface area contributed by atoms with Crippen molar-refractivity contribution in [2.24, 2.45) is 22.0 Å².